The molecule has 1 fully saturated rings. The van der Waals surface area contributed by atoms with Gasteiger partial charge in [0.1, 0.15) is 5.82 Å². The van der Waals surface area contributed by atoms with Crippen LogP contribution in [0.2, 0.25) is 0 Å². The van der Waals surface area contributed by atoms with Crippen molar-refractivity contribution in [2.24, 2.45) is 0 Å². The maximum Gasteiger partial charge on any atom is 0.235 e. The van der Waals surface area contributed by atoms with Gasteiger partial charge >= 0.3 is 0 Å². The first-order chi connectivity index (χ1) is 13.3. The van der Waals surface area contributed by atoms with Gasteiger partial charge in [-0.05, 0) is 62.6 Å². The van der Waals surface area contributed by atoms with E-state index in [9.17, 15) is 9.18 Å². The van der Waals surface area contributed by atoms with E-state index in [0.717, 1.165) is 10.0 Å². The van der Waals surface area contributed by atoms with Crippen LogP contribution in [0.25, 0.3) is 0 Å². The number of nitrogens with one attached hydrogen (secondary N) is 1. The first kappa shape index (κ1) is 20.8. The molecule has 0 radical (unpaired) electrons. The van der Waals surface area contributed by atoms with E-state index in [-0.39, 0.29) is 17.8 Å². The largest absolute Gasteiger partial charge is 0.381 e. The minimum atomic E-state index is -0.678. The van der Waals surface area contributed by atoms with Crippen LogP contribution in [0.1, 0.15) is 32.3 Å². The summed E-state index contributed by atoms with van der Waals surface area (Å²) in [6.45, 7) is 5.05. The number of hydrogen-bond donors (Lipinski definition) is 1. The summed E-state index contributed by atoms with van der Waals surface area (Å²) >= 11 is 3.44. The Labute approximate surface area is 174 Å². The first-order valence-corrected chi connectivity index (χ1v) is 10.3. The van der Waals surface area contributed by atoms with E-state index in [1.54, 1.807) is 12.1 Å². The van der Waals surface area contributed by atoms with Gasteiger partial charge in [0.25, 0.3) is 0 Å². The molecule has 2 aromatic carbocycles. The van der Waals surface area contributed by atoms with Gasteiger partial charge in [0.05, 0.1) is 11.1 Å². The molecule has 1 heterocycles. The molecule has 0 aromatic heterocycles. The highest BCUT2D eigenvalue weighted by Crippen LogP contribution is 2.37. The number of carbonyl (C=O) groups is 1. The van der Waals surface area contributed by atoms with E-state index >= 15 is 0 Å². The van der Waals surface area contributed by atoms with Crippen LogP contribution >= 0.6 is 15.9 Å². The lowest BCUT2D eigenvalue weighted by atomic mass is 9.73. The molecule has 150 valence electrons. The SMILES string of the molecule is CC(C)N(C)c1ccc(NC(=O)C2(c3ccc(Br)cc3)CCOCC2)cc1F. The van der Waals surface area contributed by atoms with E-state index in [1.165, 1.54) is 6.07 Å². The number of halogens is 2. The van der Waals surface area contributed by atoms with Crippen LogP contribution in [-0.2, 0) is 14.9 Å². The van der Waals surface area contributed by atoms with Crippen LogP contribution in [-0.4, -0.2) is 32.2 Å². The fourth-order valence-electron chi connectivity index (χ4n) is 3.54. The minimum absolute atomic E-state index is 0.123. The topological polar surface area (TPSA) is 41.6 Å². The zero-order valence-electron chi connectivity index (χ0n) is 16.5. The van der Waals surface area contributed by atoms with E-state index in [0.29, 0.717) is 37.4 Å². The lowest BCUT2D eigenvalue weighted by Gasteiger charge is -2.36. The van der Waals surface area contributed by atoms with Gasteiger partial charge in [0.2, 0.25) is 5.91 Å². The van der Waals surface area contributed by atoms with Crippen molar-refractivity contribution in [3.05, 3.63) is 58.3 Å². The molecule has 28 heavy (non-hydrogen) atoms. The molecule has 1 aliphatic heterocycles. The average Bonchev–Trinajstić information content (AvgIpc) is 2.68. The van der Waals surface area contributed by atoms with Crippen molar-refractivity contribution in [2.45, 2.75) is 38.1 Å². The maximum atomic E-state index is 14.6. The lowest BCUT2D eigenvalue weighted by Crippen LogP contribution is -2.44. The third-order valence-corrected chi connectivity index (χ3v) is 6.07. The van der Waals surface area contributed by atoms with Crippen LogP contribution in [0.15, 0.2) is 46.9 Å². The molecule has 1 saturated heterocycles. The van der Waals surface area contributed by atoms with E-state index in [2.05, 4.69) is 21.2 Å². The number of benzene rings is 2. The van der Waals surface area contributed by atoms with Gasteiger partial charge in [0, 0.05) is 36.5 Å². The number of carbonyl (C=O) groups excluding carboxylic acids is 1. The second-order valence-electron chi connectivity index (χ2n) is 7.53. The minimum Gasteiger partial charge on any atom is -0.381 e. The molecule has 1 N–H and O–H groups in total. The van der Waals surface area contributed by atoms with Gasteiger partial charge < -0.3 is 15.0 Å². The lowest BCUT2D eigenvalue weighted by molar-refractivity contribution is -0.125. The van der Waals surface area contributed by atoms with E-state index in [4.69, 9.17) is 4.74 Å². The Morgan fingerprint density at radius 3 is 2.39 bits per heavy atom. The zero-order valence-corrected chi connectivity index (χ0v) is 18.1. The predicted molar refractivity (Wildman–Crippen MR) is 114 cm³/mol. The smallest absolute Gasteiger partial charge is 0.235 e. The van der Waals surface area contributed by atoms with Crippen molar-refractivity contribution in [1.82, 2.24) is 0 Å². The van der Waals surface area contributed by atoms with Gasteiger partial charge in [-0.25, -0.2) is 4.39 Å². The maximum absolute atomic E-state index is 14.6. The van der Waals surface area contributed by atoms with Crippen molar-refractivity contribution in [3.63, 3.8) is 0 Å². The third kappa shape index (κ3) is 4.23. The molecule has 4 nitrogen and oxygen atoms in total. The van der Waals surface area contributed by atoms with E-state index < -0.39 is 5.41 Å². The quantitative estimate of drug-likeness (QED) is 0.689. The summed E-state index contributed by atoms with van der Waals surface area (Å²) in [5.41, 5.74) is 1.25. The molecule has 0 aliphatic carbocycles. The van der Waals surface area contributed by atoms with E-state index in [1.807, 2.05) is 50.1 Å². The molecule has 0 atom stereocenters. The number of amides is 1. The average molecular weight is 449 g/mol. The highest BCUT2D eigenvalue weighted by molar-refractivity contribution is 9.10. The van der Waals surface area contributed by atoms with Crippen LogP contribution in [0.5, 0.6) is 0 Å². The summed E-state index contributed by atoms with van der Waals surface area (Å²) in [6.07, 6.45) is 1.19. The van der Waals surface area contributed by atoms with Gasteiger partial charge in [-0.15, -0.1) is 0 Å². The number of anilines is 2. The number of hydrogen-bond acceptors (Lipinski definition) is 3. The van der Waals surface area contributed by atoms with Crippen LogP contribution in [0, 0.1) is 5.82 Å². The highest BCUT2D eigenvalue weighted by atomic mass is 79.9. The second-order valence-corrected chi connectivity index (χ2v) is 8.44. The van der Waals surface area contributed by atoms with Crippen molar-refractivity contribution >= 4 is 33.2 Å². The molecule has 0 saturated carbocycles. The molecule has 1 amide bonds. The van der Waals surface area contributed by atoms with Crippen molar-refractivity contribution in [3.8, 4) is 0 Å². The molecule has 1 aliphatic rings. The Morgan fingerprint density at radius 2 is 1.82 bits per heavy atom. The Kier molecular flexibility index (Phi) is 6.40. The standard InChI is InChI=1S/C22H26BrFN2O2/c1-15(2)26(3)20-9-8-18(14-19(20)24)25-21(27)22(10-12-28-13-11-22)16-4-6-17(23)7-5-16/h4-9,14-15H,10-13H2,1-3H3,(H,25,27). The summed E-state index contributed by atoms with van der Waals surface area (Å²) < 4.78 is 21.1. The summed E-state index contributed by atoms with van der Waals surface area (Å²) in [5, 5.41) is 2.94. The van der Waals surface area contributed by atoms with Crippen molar-refractivity contribution in [2.75, 3.05) is 30.5 Å². The van der Waals surface area contributed by atoms with Gasteiger partial charge in [-0.3, -0.25) is 4.79 Å². The summed E-state index contributed by atoms with van der Waals surface area (Å²) in [7, 11) is 1.85. The molecule has 3 rings (SSSR count). The Morgan fingerprint density at radius 1 is 1.18 bits per heavy atom. The third-order valence-electron chi connectivity index (χ3n) is 5.54. The Balaban J connectivity index is 1.86. The molecule has 6 heteroatoms. The zero-order chi connectivity index (χ0) is 20.3. The Bertz CT molecular complexity index is 833. The molecule has 0 spiro atoms. The fraction of sp³-hybridized carbons (Fsp3) is 0.409. The number of rotatable bonds is 5. The molecule has 0 unspecified atom stereocenters. The van der Waals surface area contributed by atoms with Crippen LogP contribution in [0.4, 0.5) is 15.8 Å². The molecule has 0 bridgehead atoms. The molecular weight excluding hydrogens is 423 g/mol. The number of ether oxygens (including phenoxy) is 1. The predicted octanol–water partition coefficient (Wildman–Crippen LogP) is 5.12. The van der Waals surface area contributed by atoms with Gasteiger partial charge in [0.15, 0.2) is 0 Å². The first-order valence-electron chi connectivity index (χ1n) is 9.51. The Hall–Kier alpha value is -1.92. The summed E-state index contributed by atoms with van der Waals surface area (Å²) in [5.74, 6) is -0.471. The van der Waals surface area contributed by atoms with Gasteiger partial charge in [-0.2, -0.15) is 0 Å². The van der Waals surface area contributed by atoms with Crippen molar-refractivity contribution in [1.29, 1.82) is 0 Å². The molecular formula is C22H26BrFN2O2. The monoisotopic (exact) mass is 448 g/mol. The van der Waals surface area contributed by atoms with Crippen molar-refractivity contribution < 1.29 is 13.9 Å². The summed E-state index contributed by atoms with van der Waals surface area (Å²) in [6, 6.07) is 12.8. The normalized spacial score (nSPS) is 16.1. The second kappa shape index (κ2) is 8.62. The molecule has 2 aromatic rings. The number of nitrogens with zero attached hydrogens (tertiary/aromatic N) is 1. The van der Waals surface area contributed by atoms with Crippen LogP contribution in [0.3, 0.4) is 0 Å². The van der Waals surface area contributed by atoms with Crippen LogP contribution < -0.4 is 10.2 Å². The van der Waals surface area contributed by atoms with Gasteiger partial charge in [-0.1, -0.05) is 28.1 Å². The fourth-order valence-corrected chi connectivity index (χ4v) is 3.80. The summed E-state index contributed by atoms with van der Waals surface area (Å²) in [4.78, 5) is 15.2. The highest BCUT2D eigenvalue weighted by Gasteiger charge is 2.41.